The van der Waals surface area contributed by atoms with Gasteiger partial charge in [0.2, 0.25) is 5.91 Å². The summed E-state index contributed by atoms with van der Waals surface area (Å²) in [6.45, 7) is 10.3. The first-order valence-electron chi connectivity index (χ1n) is 7.36. The van der Waals surface area contributed by atoms with E-state index >= 15 is 0 Å². The van der Waals surface area contributed by atoms with Crippen molar-refractivity contribution >= 4 is 5.91 Å². The van der Waals surface area contributed by atoms with Crippen LogP contribution in [0.1, 0.15) is 53.4 Å². The zero-order valence-corrected chi connectivity index (χ0v) is 12.9. The van der Waals surface area contributed by atoms with Crippen LogP contribution >= 0.6 is 0 Å². The summed E-state index contributed by atoms with van der Waals surface area (Å²) in [7, 11) is 0. The molecule has 2 atom stereocenters. The van der Waals surface area contributed by atoms with E-state index < -0.39 is 5.60 Å². The molecule has 0 aromatic rings. The topological polar surface area (TPSA) is 66.6 Å². The Morgan fingerprint density at radius 2 is 2.05 bits per heavy atom. The molecule has 1 aliphatic rings. The van der Waals surface area contributed by atoms with Gasteiger partial charge in [0.1, 0.15) is 0 Å². The number of aliphatic hydroxyl groups is 1. The minimum absolute atomic E-state index is 0.170. The second kappa shape index (κ2) is 6.23. The number of amides is 1. The van der Waals surface area contributed by atoms with E-state index in [0.29, 0.717) is 38.4 Å². The highest BCUT2D eigenvalue weighted by molar-refractivity contribution is 5.76. The average Bonchev–Trinajstić information content (AvgIpc) is 2.63. The Bertz CT molecular complexity index is 308. The van der Waals surface area contributed by atoms with E-state index in [1.807, 2.05) is 0 Å². The van der Waals surface area contributed by atoms with E-state index in [2.05, 4.69) is 20.8 Å². The van der Waals surface area contributed by atoms with Gasteiger partial charge in [-0.2, -0.15) is 0 Å². The summed E-state index contributed by atoms with van der Waals surface area (Å²) in [4.78, 5) is 13.9. The first kappa shape index (κ1) is 16.4. The summed E-state index contributed by atoms with van der Waals surface area (Å²) in [6, 6.07) is 0. The Kier molecular flexibility index (Phi) is 5.39. The van der Waals surface area contributed by atoms with Crippen LogP contribution in [0.2, 0.25) is 0 Å². The maximum absolute atomic E-state index is 12.2. The molecule has 2 unspecified atom stereocenters. The lowest BCUT2D eigenvalue weighted by Gasteiger charge is -2.31. The first-order chi connectivity index (χ1) is 8.65. The molecule has 1 fully saturated rings. The Morgan fingerprint density at radius 1 is 1.42 bits per heavy atom. The highest BCUT2D eigenvalue weighted by Crippen LogP contribution is 2.32. The van der Waals surface area contributed by atoms with Gasteiger partial charge in [-0.25, -0.2) is 0 Å². The summed E-state index contributed by atoms with van der Waals surface area (Å²) < 4.78 is 0. The van der Waals surface area contributed by atoms with Crippen LogP contribution in [0.3, 0.4) is 0 Å². The van der Waals surface area contributed by atoms with Crippen molar-refractivity contribution < 1.29 is 9.90 Å². The number of carbonyl (C=O) groups is 1. The summed E-state index contributed by atoms with van der Waals surface area (Å²) in [6.07, 6.45) is 3.11. The van der Waals surface area contributed by atoms with Crippen LogP contribution in [-0.2, 0) is 4.79 Å². The van der Waals surface area contributed by atoms with Gasteiger partial charge in [0, 0.05) is 19.5 Å². The van der Waals surface area contributed by atoms with Crippen molar-refractivity contribution in [3.05, 3.63) is 0 Å². The molecule has 1 heterocycles. The van der Waals surface area contributed by atoms with Crippen molar-refractivity contribution in [2.24, 2.45) is 17.1 Å². The number of likely N-dealkylation sites (tertiary alicyclic amines) is 1. The Morgan fingerprint density at radius 3 is 2.47 bits per heavy atom. The third kappa shape index (κ3) is 5.11. The lowest BCUT2D eigenvalue weighted by atomic mass is 9.76. The maximum Gasteiger partial charge on any atom is 0.222 e. The number of nitrogens with zero attached hydrogens (tertiary/aromatic N) is 1. The number of hydrogen-bond donors (Lipinski definition) is 2. The number of hydrogen-bond acceptors (Lipinski definition) is 3. The van der Waals surface area contributed by atoms with Crippen molar-refractivity contribution in [1.82, 2.24) is 4.90 Å². The van der Waals surface area contributed by atoms with Gasteiger partial charge in [-0.3, -0.25) is 4.79 Å². The summed E-state index contributed by atoms with van der Waals surface area (Å²) in [5, 5.41) is 9.89. The molecular formula is C15H30N2O2. The van der Waals surface area contributed by atoms with Crippen LogP contribution in [0.4, 0.5) is 0 Å². The van der Waals surface area contributed by atoms with Crippen LogP contribution in [-0.4, -0.2) is 41.1 Å². The van der Waals surface area contributed by atoms with Crippen molar-refractivity contribution in [1.29, 1.82) is 0 Å². The Hall–Kier alpha value is -0.610. The van der Waals surface area contributed by atoms with Gasteiger partial charge in [0.05, 0.1) is 5.60 Å². The largest absolute Gasteiger partial charge is 0.388 e. The number of β-amino-alcohol motifs (C(OH)–C–C–N with tert-alkyl or cyclic N) is 1. The number of rotatable bonds is 5. The Labute approximate surface area is 117 Å². The molecule has 0 aromatic heterocycles. The predicted octanol–water partition coefficient (Wildman–Crippen LogP) is 1.76. The second-order valence-corrected chi connectivity index (χ2v) is 7.24. The third-order valence-corrected chi connectivity index (χ3v) is 4.25. The quantitative estimate of drug-likeness (QED) is 0.800. The van der Waals surface area contributed by atoms with Crippen molar-refractivity contribution in [2.75, 3.05) is 19.6 Å². The molecule has 4 heteroatoms. The van der Waals surface area contributed by atoms with E-state index in [-0.39, 0.29) is 11.3 Å². The third-order valence-electron chi connectivity index (χ3n) is 4.25. The highest BCUT2D eigenvalue weighted by Gasteiger charge is 2.34. The molecule has 3 N–H and O–H groups in total. The first-order valence-corrected chi connectivity index (χ1v) is 7.36. The smallest absolute Gasteiger partial charge is 0.222 e. The fourth-order valence-corrected chi connectivity index (χ4v) is 2.83. The molecule has 1 saturated heterocycles. The standard InChI is InChI=1S/C15H30N2O2/c1-14(2,3)12(7-9-16)5-6-13(18)17-10-8-15(4,19)11-17/h12,19H,5-11,16H2,1-4H3. The summed E-state index contributed by atoms with van der Waals surface area (Å²) >= 11 is 0. The van der Waals surface area contributed by atoms with E-state index in [1.54, 1.807) is 11.8 Å². The lowest BCUT2D eigenvalue weighted by molar-refractivity contribution is -0.131. The van der Waals surface area contributed by atoms with Crippen molar-refractivity contribution in [2.45, 2.75) is 59.0 Å². The monoisotopic (exact) mass is 270 g/mol. The van der Waals surface area contributed by atoms with Gasteiger partial charge in [-0.15, -0.1) is 0 Å². The Balaban J connectivity index is 2.44. The maximum atomic E-state index is 12.2. The van der Waals surface area contributed by atoms with E-state index in [0.717, 1.165) is 12.8 Å². The molecule has 0 radical (unpaired) electrons. The zero-order chi connectivity index (χ0) is 14.7. The molecule has 0 saturated carbocycles. The molecule has 0 aromatic carbocycles. The van der Waals surface area contributed by atoms with Gasteiger partial charge < -0.3 is 15.7 Å². The zero-order valence-electron chi connectivity index (χ0n) is 12.9. The van der Waals surface area contributed by atoms with E-state index in [9.17, 15) is 9.90 Å². The van der Waals surface area contributed by atoms with Gasteiger partial charge in [0.25, 0.3) is 0 Å². The summed E-state index contributed by atoms with van der Waals surface area (Å²) in [5.41, 5.74) is 5.15. The second-order valence-electron chi connectivity index (χ2n) is 7.24. The van der Waals surface area contributed by atoms with Crippen LogP contribution in [0.15, 0.2) is 0 Å². The fraction of sp³-hybridized carbons (Fsp3) is 0.933. The molecule has 0 bridgehead atoms. The SMILES string of the molecule is CC1(O)CCN(C(=O)CCC(CCN)C(C)(C)C)C1. The van der Waals surface area contributed by atoms with Crippen molar-refractivity contribution in [3.63, 3.8) is 0 Å². The van der Waals surface area contributed by atoms with Crippen LogP contribution in [0.25, 0.3) is 0 Å². The van der Waals surface area contributed by atoms with Crippen LogP contribution < -0.4 is 5.73 Å². The van der Waals surface area contributed by atoms with Crippen LogP contribution in [0.5, 0.6) is 0 Å². The minimum atomic E-state index is -0.698. The van der Waals surface area contributed by atoms with E-state index in [1.165, 1.54) is 0 Å². The fourth-order valence-electron chi connectivity index (χ4n) is 2.83. The number of nitrogens with two attached hydrogens (primary N) is 1. The van der Waals surface area contributed by atoms with Gasteiger partial charge in [0.15, 0.2) is 0 Å². The molecule has 19 heavy (non-hydrogen) atoms. The summed E-state index contributed by atoms with van der Waals surface area (Å²) in [5.74, 6) is 0.647. The van der Waals surface area contributed by atoms with Gasteiger partial charge in [-0.05, 0) is 44.1 Å². The molecule has 1 aliphatic heterocycles. The highest BCUT2D eigenvalue weighted by atomic mass is 16.3. The normalized spacial score (nSPS) is 25.7. The molecule has 4 nitrogen and oxygen atoms in total. The molecule has 112 valence electrons. The van der Waals surface area contributed by atoms with Crippen molar-refractivity contribution in [3.8, 4) is 0 Å². The minimum Gasteiger partial charge on any atom is -0.388 e. The van der Waals surface area contributed by atoms with Gasteiger partial charge >= 0.3 is 0 Å². The molecule has 0 aliphatic carbocycles. The predicted molar refractivity (Wildman–Crippen MR) is 77.7 cm³/mol. The number of carbonyl (C=O) groups excluding carboxylic acids is 1. The molecule has 1 rings (SSSR count). The molecule has 0 spiro atoms. The molecule has 1 amide bonds. The van der Waals surface area contributed by atoms with Gasteiger partial charge in [-0.1, -0.05) is 20.8 Å². The van der Waals surface area contributed by atoms with E-state index in [4.69, 9.17) is 5.73 Å². The van der Waals surface area contributed by atoms with Crippen LogP contribution in [0, 0.1) is 11.3 Å². The lowest BCUT2D eigenvalue weighted by Crippen LogP contribution is -2.34. The average molecular weight is 270 g/mol. The molecular weight excluding hydrogens is 240 g/mol.